The second-order valence-corrected chi connectivity index (χ2v) is 4.85. The van der Waals surface area contributed by atoms with Crippen LogP contribution in [-0.2, 0) is 20.9 Å². The van der Waals surface area contributed by atoms with E-state index in [0.717, 1.165) is 16.9 Å². The summed E-state index contributed by atoms with van der Waals surface area (Å²) in [6, 6.07) is 7.27. The lowest BCUT2D eigenvalue weighted by Gasteiger charge is -2.23. The Morgan fingerprint density at radius 3 is 2.33 bits per heavy atom. The molecule has 0 saturated heterocycles. The standard InChI is InChI=1S/C16H22O5/c1-11(2)9-14(20-4)15(16(17)18)21-10-12-5-7-13(19-3)8-6-12/h5-8,14-15H,1,9-10H2,2-4H3,(H,17,18)/t14-,15-/m0/s1. The molecule has 1 aromatic rings. The van der Waals surface area contributed by atoms with Crippen molar-refractivity contribution in [3.05, 3.63) is 42.0 Å². The van der Waals surface area contributed by atoms with Crippen LogP contribution in [0.1, 0.15) is 18.9 Å². The minimum atomic E-state index is -1.04. The van der Waals surface area contributed by atoms with Crippen LogP contribution in [0.3, 0.4) is 0 Å². The molecule has 0 fully saturated rings. The molecule has 116 valence electrons. The van der Waals surface area contributed by atoms with E-state index >= 15 is 0 Å². The van der Waals surface area contributed by atoms with Gasteiger partial charge in [0, 0.05) is 7.11 Å². The summed E-state index contributed by atoms with van der Waals surface area (Å²) in [7, 11) is 3.06. The summed E-state index contributed by atoms with van der Waals surface area (Å²) in [6.45, 7) is 5.80. The van der Waals surface area contributed by atoms with Gasteiger partial charge in [-0.1, -0.05) is 17.7 Å². The van der Waals surface area contributed by atoms with Crippen molar-refractivity contribution >= 4 is 5.97 Å². The Hall–Kier alpha value is -1.85. The van der Waals surface area contributed by atoms with Crippen molar-refractivity contribution in [3.8, 4) is 5.75 Å². The van der Waals surface area contributed by atoms with Gasteiger partial charge in [0.2, 0.25) is 0 Å². The fraction of sp³-hybridized carbons (Fsp3) is 0.438. The van der Waals surface area contributed by atoms with Crippen molar-refractivity contribution in [2.75, 3.05) is 14.2 Å². The van der Waals surface area contributed by atoms with E-state index in [1.54, 1.807) is 19.2 Å². The van der Waals surface area contributed by atoms with Crippen molar-refractivity contribution in [1.82, 2.24) is 0 Å². The number of carboxylic acid groups (broad SMARTS) is 1. The number of ether oxygens (including phenoxy) is 3. The molecule has 0 aliphatic rings. The number of benzene rings is 1. The second-order valence-electron chi connectivity index (χ2n) is 4.85. The van der Waals surface area contributed by atoms with Crippen LogP contribution in [0.2, 0.25) is 0 Å². The Kier molecular flexibility index (Phi) is 6.91. The van der Waals surface area contributed by atoms with Crippen LogP contribution < -0.4 is 4.74 Å². The maximum Gasteiger partial charge on any atom is 0.335 e. The molecule has 0 aliphatic heterocycles. The van der Waals surface area contributed by atoms with Gasteiger partial charge in [-0.15, -0.1) is 6.58 Å². The van der Waals surface area contributed by atoms with Gasteiger partial charge in [-0.2, -0.15) is 0 Å². The predicted octanol–water partition coefficient (Wildman–Crippen LogP) is 2.65. The molecule has 0 unspecified atom stereocenters. The lowest BCUT2D eigenvalue weighted by molar-refractivity contribution is -0.161. The van der Waals surface area contributed by atoms with E-state index in [2.05, 4.69) is 6.58 Å². The SMILES string of the molecule is C=C(C)C[C@H](OC)[C@H](OCc1ccc(OC)cc1)C(=O)O. The van der Waals surface area contributed by atoms with Crippen molar-refractivity contribution < 1.29 is 24.1 Å². The Morgan fingerprint density at radius 1 is 1.29 bits per heavy atom. The lowest BCUT2D eigenvalue weighted by atomic mass is 10.1. The van der Waals surface area contributed by atoms with Crippen molar-refractivity contribution in [2.24, 2.45) is 0 Å². The molecule has 2 atom stereocenters. The molecule has 0 bridgehead atoms. The zero-order valence-corrected chi connectivity index (χ0v) is 12.7. The zero-order chi connectivity index (χ0) is 15.8. The van der Waals surface area contributed by atoms with Gasteiger partial charge in [0.05, 0.1) is 19.8 Å². The molecule has 1 rings (SSSR count). The molecule has 0 spiro atoms. The van der Waals surface area contributed by atoms with E-state index in [-0.39, 0.29) is 6.61 Å². The number of hydrogen-bond donors (Lipinski definition) is 1. The molecular weight excluding hydrogens is 272 g/mol. The van der Waals surface area contributed by atoms with Gasteiger partial charge in [0.25, 0.3) is 0 Å². The maximum absolute atomic E-state index is 11.3. The fourth-order valence-corrected chi connectivity index (χ4v) is 1.90. The molecular formula is C16H22O5. The first-order valence-electron chi connectivity index (χ1n) is 6.62. The smallest absolute Gasteiger partial charge is 0.335 e. The molecule has 21 heavy (non-hydrogen) atoms. The molecule has 0 amide bonds. The van der Waals surface area contributed by atoms with E-state index < -0.39 is 18.2 Å². The zero-order valence-electron chi connectivity index (χ0n) is 12.7. The average molecular weight is 294 g/mol. The Morgan fingerprint density at radius 2 is 1.90 bits per heavy atom. The molecule has 0 saturated carbocycles. The summed E-state index contributed by atoms with van der Waals surface area (Å²) < 4.78 is 15.8. The molecule has 5 nitrogen and oxygen atoms in total. The fourth-order valence-electron chi connectivity index (χ4n) is 1.90. The van der Waals surface area contributed by atoms with Crippen molar-refractivity contribution in [3.63, 3.8) is 0 Å². The Labute approximate surface area is 125 Å². The van der Waals surface area contributed by atoms with Crippen LogP contribution in [0, 0.1) is 0 Å². The number of rotatable bonds is 9. The summed E-state index contributed by atoms with van der Waals surface area (Å²) in [4.78, 5) is 11.3. The largest absolute Gasteiger partial charge is 0.497 e. The minimum absolute atomic E-state index is 0.191. The Balaban J connectivity index is 2.69. The summed E-state index contributed by atoms with van der Waals surface area (Å²) >= 11 is 0. The molecule has 1 N–H and O–H groups in total. The van der Waals surface area contributed by atoms with Crippen LogP contribution in [0.4, 0.5) is 0 Å². The summed E-state index contributed by atoms with van der Waals surface area (Å²) in [5.74, 6) is -0.304. The molecule has 0 radical (unpaired) electrons. The van der Waals surface area contributed by atoms with Gasteiger partial charge < -0.3 is 19.3 Å². The lowest BCUT2D eigenvalue weighted by Crippen LogP contribution is -2.38. The topological polar surface area (TPSA) is 65.0 Å². The highest BCUT2D eigenvalue weighted by Crippen LogP contribution is 2.17. The molecule has 1 aromatic carbocycles. The van der Waals surface area contributed by atoms with E-state index in [1.807, 2.05) is 19.1 Å². The van der Waals surface area contributed by atoms with Gasteiger partial charge in [0.15, 0.2) is 6.10 Å². The molecule has 0 heterocycles. The monoisotopic (exact) mass is 294 g/mol. The van der Waals surface area contributed by atoms with Gasteiger partial charge in [-0.05, 0) is 31.0 Å². The number of hydrogen-bond acceptors (Lipinski definition) is 4. The number of carbonyl (C=O) groups is 1. The number of aliphatic carboxylic acids is 1. The maximum atomic E-state index is 11.3. The van der Waals surface area contributed by atoms with E-state index in [0.29, 0.717) is 6.42 Å². The predicted molar refractivity (Wildman–Crippen MR) is 79.4 cm³/mol. The molecule has 0 aromatic heterocycles. The molecule has 0 aliphatic carbocycles. The van der Waals surface area contributed by atoms with Crippen LogP contribution >= 0.6 is 0 Å². The summed E-state index contributed by atoms with van der Waals surface area (Å²) in [5, 5.41) is 9.29. The van der Waals surface area contributed by atoms with Crippen molar-refractivity contribution in [1.29, 1.82) is 0 Å². The third-order valence-corrected chi connectivity index (χ3v) is 3.02. The third-order valence-electron chi connectivity index (χ3n) is 3.02. The van der Waals surface area contributed by atoms with E-state index in [4.69, 9.17) is 14.2 Å². The average Bonchev–Trinajstić information content (AvgIpc) is 2.46. The van der Waals surface area contributed by atoms with Crippen LogP contribution in [0.5, 0.6) is 5.75 Å². The van der Waals surface area contributed by atoms with E-state index in [1.165, 1.54) is 7.11 Å². The highest BCUT2D eigenvalue weighted by molar-refractivity contribution is 5.73. The normalized spacial score (nSPS) is 13.5. The summed E-state index contributed by atoms with van der Waals surface area (Å²) in [6.07, 6.45) is -1.15. The first-order valence-corrected chi connectivity index (χ1v) is 6.62. The second kappa shape index (κ2) is 8.44. The van der Waals surface area contributed by atoms with Crippen LogP contribution in [0.25, 0.3) is 0 Å². The van der Waals surface area contributed by atoms with E-state index in [9.17, 15) is 9.90 Å². The third kappa shape index (κ3) is 5.57. The van der Waals surface area contributed by atoms with Crippen LogP contribution in [0.15, 0.2) is 36.4 Å². The van der Waals surface area contributed by atoms with Gasteiger partial charge in [-0.25, -0.2) is 4.79 Å². The van der Waals surface area contributed by atoms with Crippen molar-refractivity contribution in [2.45, 2.75) is 32.2 Å². The first kappa shape index (κ1) is 17.2. The van der Waals surface area contributed by atoms with Gasteiger partial charge in [-0.3, -0.25) is 0 Å². The minimum Gasteiger partial charge on any atom is -0.497 e. The summed E-state index contributed by atoms with van der Waals surface area (Å²) in [5.41, 5.74) is 1.72. The number of methoxy groups -OCH3 is 2. The van der Waals surface area contributed by atoms with Crippen LogP contribution in [-0.4, -0.2) is 37.5 Å². The molecule has 5 heteroatoms. The Bertz CT molecular complexity index is 466. The van der Waals surface area contributed by atoms with Gasteiger partial charge in [0.1, 0.15) is 5.75 Å². The number of carboxylic acids is 1. The van der Waals surface area contributed by atoms with Gasteiger partial charge >= 0.3 is 5.97 Å². The highest BCUT2D eigenvalue weighted by atomic mass is 16.6. The highest BCUT2D eigenvalue weighted by Gasteiger charge is 2.29. The quantitative estimate of drug-likeness (QED) is 0.709. The first-order chi connectivity index (χ1) is 9.97.